The van der Waals surface area contributed by atoms with Crippen LogP contribution >= 0.6 is 0 Å². The normalized spacial score (nSPS) is 16.6. The molecule has 0 saturated carbocycles. The molecular formula is C23H22N4O2. The molecular weight excluding hydrogens is 364 g/mol. The summed E-state index contributed by atoms with van der Waals surface area (Å²) in [5.74, 6) is -0.0118. The van der Waals surface area contributed by atoms with E-state index in [-0.39, 0.29) is 12.0 Å². The maximum atomic E-state index is 13.3. The summed E-state index contributed by atoms with van der Waals surface area (Å²) in [6, 6.07) is 19.7. The van der Waals surface area contributed by atoms with Crippen molar-refractivity contribution in [2.45, 2.75) is 25.8 Å². The van der Waals surface area contributed by atoms with Crippen LogP contribution in [-0.4, -0.2) is 38.0 Å². The lowest BCUT2D eigenvalue weighted by molar-refractivity contribution is 0.00912. The van der Waals surface area contributed by atoms with Crippen LogP contribution in [0.15, 0.2) is 73.1 Å². The van der Waals surface area contributed by atoms with Crippen LogP contribution in [-0.2, 0) is 24.4 Å². The van der Waals surface area contributed by atoms with Crippen LogP contribution in [0.25, 0.3) is 10.9 Å². The molecule has 0 fully saturated rings. The molecule has 3 aromatic heterocycles. The first kappa shape index (κ1) is 17.7. The minimum Gasteiger partial charge on any atom is -0.368 e. The molecule has 0 spiro atoms. The van der Waals surface area contributed by atoms with E-state index < -0.39 is 0 Å². The quantitative estimate of drug-likeness (QED) is 0.583. The highest BCUT2D eigenvalue weighted by Crippen LogP contribution is 2.21. The Bertz CT molecular complexity index is 1100. The molecule has 1 atom stereocenters. The Hall–Kier alpha value is -3.38. The van der Waals surface area contributed by atoms with Gasteiger partial charge in [-0.3, -0.25) is 9.78 Å². The molecule has 6 nitrogen and oxygen atoms in total. The van der Waals surface area contributed by atoms with E-state index in [9.17, 15) is 4.79 Å². The Morgan fingerprint density at radius 2 is 2.00 bits per heavy atom. The number of aromatic amines is 1. The second kappa shape index (κ2) is 7.56. The number of benzene rings is 1. The van der Waals surface area contributed by atoms with Crippen molar-refractivity contribution in [2.24, 2.45) is 0 Å². The van der Waals surface area contributed by atoms with Crippen LogP contribution < -0.4 is 0 Å². The van der Waals surface area contributed by atoms with E-state index in [2.05, 4.69) is 20.6 Å². The van der Waals surface area contributed by atoms with E-state index in [1.807, 2.05) is 65.7 Å². The zero-order valence-corrected chi connectivity index (χ0v) is 16.0. The predicted molar refractivity (Wildman–Crippen MR) is 110 cm³/mol. The minimum absolute atomic E-state index is 0.0118. The number of hydrogen-bond donors (Lipinski definition) is 1. The van der Waals surface area contributed by atoms with Gasteiger partial charge in [0.25, 0.3) is 5.91 Å². The van der Waals surface area contributed by atoms with Crippen molar-refractivity contribution in [1.29, 1.82) is 0 Å². The Labute approximate surface area is 168 Å². The van der Waals surface area contributed by atoms with Crippen LogP contribution in [0.3, 0.4) is 0 Å². The van der Waals surface area contributed by atoms with Gasteiger partial charge in [0.15, 0.2) is 0 Å². The standard InChI is InChI=1S/C23H22N4O2/c28-23(22-12-17-6-1-2-9-21(17)25-22)27-13-19-8-5-11-26(19)14-20(15-27)29-16-18-7-3-4-10-24-18/h1-12,20,25H,13-16H2. The van der Waals surface area contributed by atoms with Gasteiger partial charge in [-0.15, -0.1) is 0 Å². The molecule has 1 aliphatic heterocycles. The monoisotopic (exact) mass is 386 g/mol. The fourth-order valence-electron chi connectivity index (χ4n) is 3.86. The number of hydrogen-bond acceptors (Lipinski definition) is 3. The van der Waals surface area contributed by atoms with Crippen LogP contribution in [0.1, 0.15) is 21.9 Å². The number of carbonyl (C=O) groups is 1. The Balaban J connectivity index is 1.38. The molecule has 0 bridgehead atoms. The van der Waals surface area contributed by atoms with Gasteiger partial charge in [0.1, 0.15) is 5.69 Å². The number of H-pyrrole nitrogens is 1. The molecule has 1 aliphatic rings. The van der Waals surface area contributed by atoms with E-state index in [4.69, 9.17) is 4.74 Å². The summed E-state index contributed by atoms with van der Waals surface area (Å²) >= 11 is 0. The molecule has 0 aliphatic carbocycles. The highest BCUT2D eigenvalue weighted by atomic mass is 16.5. The van der Waals surface area contributed by atoms with Crippen molar-refractivity contribution in [2.75, 3.05) is 6.54 Å². The number of nitrogens with one attached hydrogen (secondary N) is 1. The van der Waals surface area contributed by atoms with E-state index >= 15 is 0 Å². The van der Waals surface area contributed by atoms with Crippen molar-refractivity contribution >= 4 is 16.8 Å². The lowest BCUT2D eigenvalue weighted by Crippen LogP contribution is -2.37. The molecule has 0 radical (unpaired) electrons. The van der Waals surface area contributed by atoms with Gasteiger partial charge in [-0.05, 0) is 36.4 Å². The second-order valence-electron chi connectivity index (χ2n) is 7.36. The number of aromatic nitrogens is 3. The first-order valence-corrected chi connectivity index (χ1v) is 9.79. The van der Waals surface area contributed by atoms with Gasteiger partial charge in [0.05, 0.1) is 31.5 Å². The predicted octanol–water partition coefficient (Wildman–Crippen LogP) is 3.61. The summed E-state index contributed by atoms with van der Waals surface area (Å²) in [5, 5.41) is 1.04. The molecule has 6 heteroatoms. The molecule has 1 N–H and O–H groups in total. The molecule has 1 unspecified atom stereocenters. The van der Waals surface area contributed by atoms with E-state index in [0.29, 0.717) is 31.9 Å². The number of pyridine rings is 1. The molecule has 0 saturated heterocycles. The van der Waals surface area contributed by atoms with Gasteiger partial charge < -0.3 is 19.2 Å². The van der Waals surface area contributed by atoms with E-state index in [1.165, 1.54) is 0 Å². The highest BCUT2D eigenvalue weighted by molar-refractivity contribution is 5.98. The SMILES string of the molecule is O=C(c1cc2ccccc2[nH]1)N1Cc2cccn2CC(OCc2ccccn2)C1. The van der Waals surface area contributed by atoms with Crippen molar-refractivity contribution in [3.63, 3.8) is 0 Å². The molecule has 29 heavy (non-hydrogen) atoms. The van der Waals surface area contributed by atoms with Crippen LogP contribution in [0.5, 0.6) is 0 Å². The third-order valence-electron chi connectivity index (χ3n) is 5.34. The Morgan fingerprint density at radius 3 is 2.86 bits per heavy atom. The maximum absolute atomic E-state index is 13.3. The van der Waals surface area contributed by atoms with Gasteiger partial charge in [0, 0.05) is 35.5 Å². The molecule has 4 aromatic rings. The fourth-order valence-corrected chi connectivity index (χ4v) is 3.86. The molecule has 1 aromatic carbocycles. The number of nitrogens with zero attached hydrogens (tertiary/aromatic N) is 3. The zero-order chi connectivity index (χ0) is 19.6. The zero-order valence-electron chi connectivity index (χ0n) is 16.0. The number of amides is 1. The number of fused-ring (bicyclic) bond motifs is 2. The van der Waals surface area contributed by atoms with Gasteiger partial charge in [0.2, 0.25) is 0 Å². The number of ether oxygens (including phenoxy) is 1. The minimum atomic E-state index is -0.112. The average molecular weight is 386 g/mol. The molecule has 5 rings (SSSR count). The largest absolute Gasteiger partial charge is 0.368 e. The second-order valence-corrected chi connectivity index (χ2v) is 7.36. The summed E-state index contributed by atoms with van der Waals surface area (Å²) in [4.78, 5) is 22.7. The van der Waals surface area contributed by atoms with E-state index in [1.54, 1.807) is 6.20 Å². The summed E-state index contributed by atoms with van der Waals surface area (Å²) < 4.78 is 8.33. The van der Waals surface area contributed by atoms with E-state index in [0.717, 1.165) is 22.3 Å². The van der Waals surface area contributed by atoms with Crippen LogP contribution in [0.2, 0.25) is 0 Å². The fraction of sp³-hybridized carbons (Fsp3) is 0.217. The molecule has 1 amide bonds. The summed E-state index contributed by atoms with van der Waals surface area (Å²) in [7, 11) is 0. The number of para-hydroxylation sites is 1. The van der Waals surface area contributed by atoms with Crippen molar-refractivity contribution in [3.8, 4) is 0 Å². The van der Waals surface area contributed by atoms with Crippen molar-refractivity contribution < 1.29 is 9.53 Å². The Kier molecular flexibility index (Phi) is 4.62. The summed E-state index contributed by atoms with van der Waals surface area (Å²) in [5.41, 5.74) is 3.57. The molecule has 4 heterocycles. The third-order valence-corrected chi connectivity index (χ3v) is 5.34. The summed E-state index contributed by atoms with van der Waals surface area (Å²) in [6.07, 6.45) is 3.70. The molecule has 146 valence electrons. The Morgan fingerprint density at radius 1 is 1.10 bits per heavy atom. The third kappa shape index (κ3) is 3.67. The maximum Gasteiger partial charge on any atom is 0.270 e. The van der Waals surface area contributed by atoms with Gasteiger partial charge in [-0.2, -0.15) is 0 Å². The van der Waals surface area contributed by atoms with Crippen LogP contribution in [0.4, 0.5) is 0 Å². The van der Waals surface area contributed by atoms with Crippen molar-refractivity contribution in [1.82, 2.24) is 19.4 Å². The lowest BCUT2D eigenvalue weighted by Gasteiger charge is -2.24. The van der Waals surface area contributed by atoms with Crippen molar-refractivity contribution in [3.05, 3.63) is 90.1 Å². The van der Waals surface area contributed by atoms with Crippen LogP contribution in [0, 0.1) is 0 Å². The van der Waals surface area contributed by atoms with Gasteiger partial charge in [-0.1, -0.05) is 24.3 Å². The topological polar surface area (TPSA) is 63.2 Å². The summed E-state index contributed by atoms with van der Waals surface area (Å²) in [6.45, 7) is 2.23. The van der Waals surface area contributed by atoms with Gasteiger partial charge >= 0.3 is 0 Å². The number of carbonyl (C=O) groups excluding carboxylic acids is 1. The highest BCUT2D eigenvalue weighted by Gasteiger charge is 2.27. The van der Waals surface area contributed by atoms with Gasteiger partial charge in [-0.25, -0.2) is 0 Å². The smallest absolute Gasteiger partial charge is 0.270 e. The first-order chi connectivity index (χ1) is 14.3. The number of rotatable bonds is 4. The lowest BCUT2D eigenvalue weighted by atomic mass is 10.2. The first-order valence-electron chi connectivity index (χ1n) is 9.79. The average Bonchev–Trinajstić information content (AvgIpc) is 3.34.